The molecule has 2 atom stereocenters. The number of ether oxygens (including phenoxy) is 1. The molecule has 3 N–H and O–H groups in total. The van der Waals surface area contributed by atoms with Crippen molar-refractivity contribution in [3.8, 4) is 0 Å². The van der Waals surface area contributed by atoms with Gasteiger partial charge in [-0.1, -0.05) is 258 Å². The minimum atomic E-state index is -0.675. The Kier molecular flexibility index (Phi) is 47.6. The molecule has 0 aliphatic carbocycles. The lowest BCUT2D eigenvalue weighted by Gasteiger charge is -2.22. The van der Waals surface area contributed by atoms with Crippen LogP contribution in [0.2, 0.25) is 0 Å². The molecule has 0 radical (unpaired) electrons. The summed E-state index contributed by atoms with van der Waals surface area (Å²) < 4.78 is 5.45. The minimum Gasteiger partial charge on any atom is -0.466 e. The van der Waals surface area contributed by atoms with Crippen LogP contribution >= 0.6 is 0 Å². The van der Waals surface area contributed by atoms with Gasteiger partial charge in [0.1, 0.15) is 0 Å². The number of carbonyl (C=O) groups is 2. The number of amides is 1. The third kappa shape index (κ3) is 44.4. The van der Waals surface area contributed by atoms with E-state index in [-0.39, 0.29) is 18.5 Å². The molecule has 2 unspecified atom stereocenters. The van der Waals surface area contributed by atoms with Crippen molar-refractivity contribution < 1.29 is 24.5 Å². The topological polar surface area (TPSA) is 95.9 Å². The summed E-state index contributed by atoms with van der Waals surface area (Å²) in [4.78, 5) is 24.5. The molecule has 0 heterocycles. The van der Waals surface area contributed by atoms with Gasteiger partial charge in [-0.3, -0.25) is 9.59 Å². The van der Waals surface area contributed by atoms with Gasteiger partial charge in [-0.15, -0.1) is 0 Å². The monoisotopic (exact) mass is 822 g/mol. The smallest absolute Gasteiger partial charge is 0.305 e. The van der Waals surface area contributed by atoms with Crippen LogP contribution in [0, 0.1) is 0 Å². The van der Waals surface area contributed by atoms with Gasteiger partial charge < -0.3 is 20.3 Å². The Morgan fingerprint density at radius 1 is 0.414 bits per heavy atom. The molecule has 0 bridgehead atoms. The van der Waals surface area contributed by atoms with E-state index in [2.05, 4.69) is 19.2 Å². The first-order chi connectivity index (χ1) is 28.5. The highest BCUT2D eigenvalue weighted by molar-refractivity contribution is 5.76. The summed E-state index contributed by atoms with van der Waals surface area (Å²) >= 11 is 0. The van der Waals surface area contributed by atoms with Gasteiger partial charge in [-0.2, -0.15) is 0 Å². The van der Waals surface area contributed by atoms with Crippen molar-refractivity contribution >= 4 is 11.9 Å². The van der Waals surface area contributed by atoms with Crippen molar-refractivity contribution in [2.45, 2.75) is 309 Å². The zero-order valence-corrected chi connectivity index (χ0v) is 39.3. The second-order valence-electron chi connectivity index (χ2n) is 18.2. The molecule has 0 spiro atoms. The van der Waals surface area contributed by atoms with E-state index in [0.717, 1.165) is 57.8 Å². The first kappa shape index (κ1) is 56.9. The molecule has 1 amide bonds. The molecule has 0 saturated carbocycles. The molecule has 0 rings (SSSR count). The first-order valence-electron chi connectivity index (χ1n) is 26.3. The molecule has 6 nitrogen and oxygen atoms in total. The molecular weight excluding hydrogens is 719 g/mol. The Morgan fingerprint density at radius 2 is 0.707 bits per heavy atom. The summed E-state index contributed by atoms with van der Waals surface area (Å²) in [5, 5.41) is 23.2. The first-order valence-corrected chi connectivity index (χ1v) is 26.3. The van der Waals surface area contributed by atoms with Crippen LogP contribution in [-0.4, -0.2) is 47.4 Å². The average molecular weight is 822 g/mol. The summed E-state index contributed by atoms with van der Waals surface area (Å²) in [5.41, 5.74) is 0. The summed E-state index contributed by atoms with van der Waals surface area (Å²) in [5.74, 6) is -0.0621. The number of hydrogen-bond acceptors (Lipinski definition) is 5. The number of hydrogen-bond donors (Lipinski definition) is 3. The van der Waals surface area contributed by atoms with Crippen LogP contribution < -0.4 is 5.32 Å². The Morgan fingerprint density at radius 3 is 1.05 bits per heavy atom. The fraction of sp³-hybridized carbons (Fsp3) is 0.962. The van der Waals surface area contributed by atoms with Gasteiger partial charge in [0.15, 0.2) is 0 Å². The predicted octanol–water partition coefficient (Wildman–Crippen LogP) is 15.6. The van der Waals surface area contributed by atoms with E-state index in [0.29, 0.717) is 25.9 Å². The van der Waals surface area contributed by atoms with Gasteiger partial charge in [0, 0.05) is 12.8 Å². The summed E-state index contributed by atoms with van der Waals surface area (Å²) in [6.07, 6.45) is 53.5. The van der Waals surface area contributed by atoms with E-state index < -0.39 is 12.1 Å². The Labute approximate surface area is 362 Å². The fourth-order valence-corrected chi connectivity index (χ4v) is 8.35. The van der Waals surface area contributed by atoms with Gasteiger partial charge >= 0.3 is 5.97 Å². The molecule has 346 valence electrons. The van der Waals surface area contributed by atoms with Crippen molar-refractivity contribution in [3.05, 3.63) is 0 Å². The number of aliphatic hydroxyl groups excluding tert-OH is 2. The second kappa shape index (κ2) is 48.5. The lowest BCUT2D eigenvalue weighted by molar-refractivity contribution is -0.143. The maximum atomic E-state index is 12.5. The predicted molar refractivity (Wildman–Crippen MR) is 250 cm³/mol. The summed E-state index contributed by atoms with van der Waals surface area (Å²) in [6.45, 7) is 4.93. The SMILES string of the molecule is CCCCCCCCCCCCCCCCCCCC(O)C(CO)NC(=O)CCCCCCCCCCCCCOC(=O)CCCCCCCCCCCCCCC. The Balaban J connectivity index is 3.46. The van der Waals surface area contributed by atoms with E-state index in [9.17, 15) is 19.8 Å². The third-order valence-corrected chi connectivity index (χ3v) is 12.4. The van der Waals surface area contributed by atoms with Crippen LogP contribution in [0.15, 0.2) is 0 Å². The minimum absolute atomic E-state index is 0.0112. The van der Waals surface area contributed by atoms with E-state index in [1.807, 2.05) is 0 Å². The molecule has 0 saturated heterocycles. The molecule has 0 aliphatic heterocycles. The number of rotatable bonds is 49. The molecule has 0 aromatic heterocycles. The zero-order valence-electron chi connectivity index (χ0n) is 39.3. The van der Waals surface area contributed by atoms with Crippen molar-refractivity contribution in [1.29, 1.82) is 0 Å². The van der Waals surface area contributed by atoms with Crippen molar-refractivity contribution in [3.63, 3.8) is 0 Å². The van der Waals surface area contributed by atoms with Crippen LogP contribution in [0.4, 0.5) is 0 Å². The number of esters is 1. The number of nitrogens with one attached hydrogen (secondary N) is 1. The van der Waals surface area contributed by atoms with Gasteiger partial charge in [-0.25, -0.2) is 0 Å². The highest BCUT2D eigenvalue weighted by Gasteiger charge is 2.20. The van der Waals surface area contributed by atoms with E-state index >= 15 is 0 Å². The van der Waals surface area contributed by atoms with E-state index in [4.69, 9.17) is 4.74 Å². The summed E-state index contributed by atoms with van der Waals surface area (Å²) in [7, 11) is 0. The van der Waals surface area contributed by atoms with Crippen LogP contribution in [0.1, 0.15) is 296 Å². The lowest BCUT2D eigenvalue weighted by Crippen LogP contribution is -2.45. The maximum absolute atomic E-state index is 12.5. The average Bonchev–Trinajstić information content (AvgIpc) is 3.22. The van der Waals surface area contributed by atoms with Crippen molar-refractivity contribution in [2.75, 3.05) is 13.2 Å². The second-order valence-corrected chi connectivity index (χ2v) is 18.2. The normalized spacial score (nSPS) is 12.6. The quantitative estimate of drug-likeness (QED) is 0.0420. The van der Waals surface area contributed by atoms with Crippen LogP contribution in [0.3, 0.4) is 0 Å². The van der Waals surface area contributed by atoms with Gasteiger partial charge in [-0.05, 0) is 25.7 Å². The molecule has 0 aliphatic rings. The zero-order chi connectivity index (χ0) is 42.3. The number of unbranched alkanes of at least 4 members (excludes halogenated alkanes) is 38. The molecule has 0 fully saturated rings. The third-order valence-electron chi connectivity index (χ3n) is 12.4. The van der Waals surface area contributed by atoms with Crippen molar-refractivity contribution in [2.24, 2.45) is 0 Å². The molecule has 0 aromatic carbocycles. The standard InChI is InChI=1S/C52H103NO5/c1-3-5-7-9-11-13-15-17-18-19-20-22-24-28-32-36-40-44-50(55)49(48-54)53-51(56)45-41-37-33-29-25-23-27-31-35-39-43-47-58-52(57)46-42-38-34-30-26-21-16-14-12-10-8-6-4-2/h49-50,54-55H,3-48H2,1-2H3,(H,53,56). The van der Waals surface area contributed by atoms with E-state index in [1.54, 1.807) is 0 Å². The van der Waals surface area contributed by atoms with Crippen LogP contribution in [-0.2, 0) is 14.3 Å². The lowest BCUT2D eigenvalue weighted by atomic mass is 10.0. The van der Waals surface area contributed by atoms with Gasteiger partial charge in [0.25, 0.3) is 0 Å². The van der Waals surface area contributed by atoms with Crippen LogP contribution in [0.5, 0.6) is 0 Å². The highest BCUT2D eigenvalue weighted by Crippen LogP contribution is 2.17. The summed E-state index contributed by atoms with van der Waals surface area (Å²) in [6, 6.07) is -0.553. The number of aliphatic hydroxyl groups is 2. The van der Waals surface area contributed by atoms with E-state index in [1.165, 1.54) is 205 Å². The van der Waals surface area contributed by atoms with Crippen molar-refractivity contribution in [1.82, 2.24) is 5.32 Å². The Bertz CT molecular complexity index is 822. The molecule has 6 heteroatoms. The molecular formula is C52H103NO5. The number of carbonyl (C=O) groups excluding carboxylic acids is 2. The van der Waals surface area contributed by atoms with Gasteiger partial charge in [0.05, 0.1) is 25.4 Å². The Hall–Kier alpha value is -1.14. The highest BCUT2D eigenvalue weighted by atomic mass is 16.5. The molecule has 0 aromatic rings. The molecule has 58 heavy (non-hydrogen) atoms. The largest absolute Gasteiger partial charge is 0.466 e. The van der Waals surface area contributed by atoms with Crippen LogP contribution in [0.25, 0.3) is 0 Å². The van der Waals surface area contributed by atoms with Gasteiger partial charge in [0.2, 0.25) is 5.91 Å². The fourth-order valence-electron chi connectivity index (χ4n) is 8.35. The maximum Gasteiger partial charge on any atom is 0.305 e.